The molecule has 1 aromatic heterocycles. The second kappa shape index (κ2) is 7.31. The first-order valence-corrected chi connectivity index (χ1v) is 7.15. The van der Waals surface area contributed by atoms with Crippen molar-refractivity contribution < 1.29 is 27.8 Å². The third-order valence-electron chi connectivity index (χ3n) is 3.18. The summed E-state index contributed by atoms with van der Waals surface area (Å²) in [4.78, 5) is 11.9. The van der Waals surface area contributed by atoms with Gasteiger partial charge in [-0.3, -0.25) is 0 Å². The highest BCUT2D eigenvalue weighted by molar-refractivity contribution is 5.89. The number of aliphatic hydroxyl groups is 1. The Morgan fingerprint density at radius 3 is 2.75 bits per heavy atom. The Kier molecular flexibility index (Phi) is 5.40. The van der Waals surface area contributed by atoms with E-state index in [4.69, 9.17) is 4.42 Å². The second-order valence-corrected chi connectivity index (χ2v) is 5.40. The molecule has 0 radical (unpaired) electrons. The third kappa shape index (κ3) is 4.95. The number of ether oxygens (including phenoxy) is 1. The van der Waals surface area contributed by atoms with Gasteiger partial charge in [-0.05, 0) is 38.1 Å². The molecule has 130 valence electrons. The molecule has 2 amide bonds. The molecule has 2 rings (SSSR count). The first kappa shape index (κ1) is 17.7. The molecule has 1 aromatic carbocycles. The normalized spacial score (nSPS) is 13.4. The standard InChI is InChI=1S/C16H18F2N2O4/c1-10-6-7-13(23-10)16(2,22)9-19-15(21)20-11-4-3-5-12(8-11)24-14(17)18/h3-8,14,22H,9H2,1-2H3,(H2,19,20,21). The molecule has 8 heteroatoms. The molecule has 0 aliphatic carbocycles. The van der Waals surface area contributed by atoms with Crippen LogP contribution in [0.15, 0.2) is 40.8 Å². The van der Waals surface area contributed by atoms with Crippen molar-refractivity contribution in [2.45, 2.75) is 26.1 Å². The lowest BCUT2D eigenvalue weighted by Gasteiger charge is -2.21. The van der Waals surface area contributed by atoms with Crippen LogP contribution in [0, 0.1) is 6.92 Å². The maximum absolute atomic E-state index is 12.2. The van der Waals surface area contributed by atoms with Crippen molar-refractivity contribution in [3.8, 4) is 5.75 Å². The molecule has 0 saturated carbocycles. The lowest BCUT2D eigenvalue weighted by molar-refractivity contribution is -0.0498. The van der Waals surface area contributed by atoms with Gasteiger partial charge in [-0.15, -0.1) is 0 Å². The molecule has 0 aliphatic heterocycles. The van der Waals surface area contributed by atoms with Gasteiger partial charge in [-0.1, -0.05) is 6.07 Å². The van der Waals surface area contributed by atoms with Crippen LogP contribution >= 0.6 is 0 Å². The van der Waals surface area contributed by atoms with Crippen molar-refractivity contribution in [1.29, 1.82) is 0 Å². The van der Waals surface area contributed by atoms with E-state index < -0.39 is 18.2 Å². The van der Waals surface area contributed by atoms with Gasteiger partial charge in [0.15, 0.2) is 0 Å². The van der Waals surface area contributed by atoms with Crippen LogP contribution in [0.25, 0.3) is 0 Å². The van der Waals surface area contributed by atoms with Gasteiger partial charge in [0.05, 0.1) is 6.54 Å². The molecule has 6 nitrogen and oxygen atoms in total. The number of alkyl halides is 2. The highest BCUT2D eigenvalue weighted by atomic mass is 19.3. The topological polar surface area (TPSA) is 83.7 Å². The van der Waals surface area contributed by atoms with E-state index in [2.05, 4.69) is 15.4 Å². The number of benzene rings is 1. The number of halogens is 2. The van der Waals surface area contributed by atoms with Gasteiger partial charge in [-0.25, -0.2) is 4.79 Å². The molecule has 3 N–H and O–H groups in total. The first-order valence-electron chi connectivity index (χ1n) is 7.15. The Morgan fingerprint density at radius 1 is 1.38 bits per heavy atom. The largest absolute Gasteiger partial charge is 0.463 e. The molecule has 0 bridgehead atoms. The number of amides is 2. The molecule has 24 heavy (non-hydrogen) atoms. The maximum atomic E-state index is 12.2. The van der Waals surface area contributed by atoms with Gasteiger partial charge in [0, 0.05) is 11.8 Å². The molecule has 0 aliphatic rings. The number of hydrogen-bond acceptors (Lipinski definition) is 4. The number of carbonyl (C=O) groups is 1. The highest BCUT2D eigenvalue weighted by Crippen LogP contribution is 2.22. The van der Waals surface area contributed by atoms with E-state index in [-0.39, 0.29) is 18.0 Å². The minimum absolute atomic E-state index is 0.0687. The van der Waals surface area contributed by atoms with E-state index in [0.717, 1.165) is 0 Å². The summed E-state index contributed by atoms with van der Waals surface area (Å²) in [6.07, 6.45) is 0. The minimum Gasteiger partial charge on any atom is -0.463 e. The van der Waals surface area contributed by atoms with Crippen LogP contribution < -0.4 is 15.4 Å². The molecule has 0 fully saturated rings. The summed E-state index contributed by atoms with van der Waals surface area (Å²) in [7, 11) is 0. The fraction of sp³-hybridized carbons (Fsp3) is 0.312. The Morgan fingerprint density at radius 2 is 2.12 bits per heavy atom. The summed E-state index contributed by atoms with van der Waals surface area (Å²) in [6.45, 7) is 0.205. The summed E-state index contributed by atoms with van der Waals surface area (Å²) in [5, 5.41) is 15.3. The predicted octanol–water partition coefficient (Wildman–Crippen LogP) is 3.22. The van der Waals surface area contributed by atoms with Crippen LogP contribution in [0.3, 0.4) is 0 Å². The van der Waals surface area contributed by atoms with E-state index in [1.807, 2.05) is 0 Å². The van der Waals surface area contributed by atoms with Gasteiger partial charge >= 0.3 is 12.6 Å². The molecule has 1 unspecified atom stereocenters. The summed E-state index contributed by atoms with van der Waals surface area (Å²) in [6, 6.07) is 8.33. The third-order valence-corrected chi connectivity index (χ3v) is 3.18. The molecule has 0 spiro atoms. The Labute approximate surface area is 137 Å². The SMILES string of the molecule is Cc1ccc(C(C)(O)CNC(=O)Nc2cccc(OC(F)F)c2)o1. The van der Waals surface area contributed by atoms with E-state index in [0.29, 0.717) is 11.5 Å². The van der Waals surface area contributed by atoms with Gasteiger partial charge in [-0.2, -0.15) is 8.78 Å². The van der Waals surface area contributed by atoms with Crippen molar-refractivity contribution in [3.05, 3.63) is 47.9 Å². The van der Waals surface area contributed by atoms with E-state index in [1.165, 1.54) is 31.2 Å². The zero-order valence-electron chi connectivity index (χ0n) is 13.2. The fourth-order valence-electron chi connectivity index (χ4n) is 1.99. The average Bonchev–Trinajstić information content (AvgIpc) is 2.92. The lowest BCUT2D eigenvalue weighted by Crippen LogP contribution is -2.40. The lowest BCUT2D eigenvalue weighted by atomic mass is 10.0. The van der Waals surface area contributed by atoms with E-state index in [9.17, 15) is 18.7 Å². The van der Waals surface area contributed by atoms with E-state index in [1.54, 1.807) is 19.1 Å². The van der Waals surface area contributed by atoms with Crippen LogP contribution in [0.1, 0.15) is 18.4 Å². The van der Waals surface area contributed by atoms with Crippen molar-refractivity contribution >= 4 is 11.7 Å². The quantitative estimate of drug-likeness (QED) is 0.754. The molecular weight excluding hydrogens is 322 g/mol. The number of furan rings is 1. The second-order valence-electron chi connectivity index (χ2n) is 5.40. The van der Waals surface area contributed by atoms with Crippen LogP contribution in [0.2, 0.25) is 0 Å². The summed E-state index contributed by atoms with van der Waals surface area (Å²) in [5.41, 5.74) is -1.11. The van der Waals surface area contributed by atoms with Crippen molar-refractivity contribution in [2.24, 2.45) is 0 Å². The number of aryl methyl sites for hydroxylation is 1. The minimum atomic E-state index is -2.94. The van der Waals surface area contributed by atoms with Crippen LogP contribution in [-0.2, 0) is 5.60 Å². The van der Waals surface area contributed by atoms with Crippen LogP contribution in [0.5, 0.6) is 5.75 Å². The molecule has 1 atom stereocenters. The van der Waals surface area contributed by atoms with Crippen LogP contribution in [-0.4, -0.2) is 24.3 Å². The summed E-state index contributed by atoms with van der Waals surface area (Å²) in [5.74, 6) is 0.902. The van der Waals surface area contributed by atoms with Gasteiger partial charge in [0.2, 0.25) is 0 Å². The highest BCUT2D eigenvalue weighted by Gasteiger charge is 2.27. The van der Waals surface area contributed by atoms with Crippen molar-refractivity contribution in [3.63, 3.8) is 0 Å². The first-order chi connectivity index (χ1) is 11.3. The Bertz CT molecular complexity index is 701. The van der Waals surface area contributed by atoms with Gasteiger partial charge in [0.25, 0.3) is 0 Å². The van der Waals surface area contributed by atoms with Gasteiger partial charge in [0.1, 0.15) is 22.9 Å². The number of rotatable bonds is 6. The van der Waals surface area contributed by atoms with Gasteiger partial charge < -0.3 is 24.9 Å². The van der Waals surface area contributed by atoms with Crippen LogP contribution in [0.4, 0.5) is 19.3 Å². The predicted molar refractivity (Wildman–Crippen MR) is 83.1 cm³/mol. The van der Waals surface area contributed by atoms with Crippen molar-refractivity contribution in [1.82, 2.24) is 5.32 Å². The zero-order valence-corrected chi connectivity index (χ0v) is 13.2. The number of anilines is 1. The molecular formula is C16H18F2N2O4. The zero-order chi connectivity index (χ0) is 17.7. The number of nitrogens with one attached hydrogen (secondary N) is 2. The number of carbonyl (C=O) groups excluding carboxylic acids is 1. The molecule has 0 saturated heterocycles. The van der Waals surface area contributed by atoms with E-state index >= 15 is 0 Å². The number of hydrogen-bond donors (Lipinski definition) is 3. The summed E-state index contributed by atoms with van der Waals surface area (Å²) < 4.78 is 33.9. The Balaban J connectivity index is 1.91. The average molecular weight is 340 g/mol. The number of urea groups is 1. The molecule has 1 heterocycles. The summed E-state index contributed by atoms with van der Waals surface area (Å²) >= 11 is 0. The van der Waals surface area contributed by atoms with Crippen molar-refractivity contribution in [2.75, 3.05) is 11.9 Å². The fourth-order valence-corrected chi connectivity index (χ4v) is 1.99. The maximum Gasteiger partial charge on any atom is 0.387 e. The smallest absolute Gasteiger partial charge is 0.387 e. The monoisotopic (exact) mass is 340 g/mol. The molecule has 2 aromatic rings. The Hall–Kier alpha value is -2.61.